The number of hydrogen-bond acceptors (Lipinski definition) is 4. The predicted octanol–water partition coefficient (Wildman–Crippen LogP) is 4.71. The monoisotopic (exact) mass is 558 g/mol. The molecular formula is C27H30ClN3O6P+. The van der Waals surface area contributed by atoms with Crippen LogP contribution in [0.15, 0.2) is 60.6 Å². The van der Waals surface area contributed by atoms with Crippen molar-refractivity contribution in [2.24, 2.45) is 0 Å². The van der Waals surface area contributed by atoms with Gasteiger partial charge in [0.05, 0.1) is 13.2 Å². The maximum atomic E-state index is 13.6. The Morgan fingerprint density at radius 2 is 1.92 bits per heavy atom. The highest BCUT2D eigenvalue weighted by atomic mass is 35.5. The summed E-state index contributed by atoms with van der Waals surface area (Å²) in [5.74, 6) is 0.674. The second-order valence-electron chi connectivity index (χ2n) is 9.66. The lowest BCUT2D eigenvalue weighted by Gasteiger charge is -2.35. The average molecular weight is 559 g/mol. The van der Waals surface area contributed by atoms with E-state index in [0.29, 0.717) is 10.8 Å². The third-order valence-electron chi connectivity index (χ3n) is 7.24. The lowest BCUT2D eigenvalue weighted by Crippen LogP contribution is -2.41. The molecule has 0 unspecified atom stereocenters. The van der Waals surface area contributed by atoms with Crippen molar-refractivity contribution in [1.82, 2.24) is 9.47 Å². The van der Waals surface area contributed by atoms with Crippen LogP contribution >= 0.6 is 19.4 Å². The van der Waals surface area contributed by atoms with Crippen LogP contribution in [-0.4, -0.2) is 38.3 Å². The molecule has 2 aromatic carbocycles. The molecule has 3 aromatic rings. The minimum Gasteiger partial charge on any atom is -0.492 e. The van der Waals surface area contributed by atoms with Crippen LogP contribution in [0.2, 0.25) is 5.02 Å². The second-order valence-corrected chi connectivity index (χ2v) is 11.3. The fraction of sp³-hybridized carbons (Fsp3) is 0.333. The van der Waals surface area contributed by atoms with E-state index in [4.69, 9.17) is 26.1 Å². The van der Waals surface area contributed by atoms with Crippen molar-refractivity contribution >= 4 is 31.4 Å². The summed E-state index contributed by atoms with van der Waals surface area (Å²) in [5.41, 5.74) is 4.24. The molecule has 1 aromatic heterocycles. The van der Waals surface area contributed by atoms with Gasteiger partial charge in [0.15, 0.2) is 11.4 Å². The first-order valence-corrected chi connectivity index (χ1v) is 14.3. The summed E-state index contributed by atoms with van der Waals surface area (Å²) in [6.07, 6.45) is 9.05. The summed E-state index contributed by atoms with van der Waals surface area (Å²) in [6.45, 7) is 1.52. The van der Waals surface area contributed by atoms with E-state index in [1.165, 1.54) is 0 Å². The molecular weight excluding hydrogens is 529 g/mol. The van der Waals surface area contributed by atoms with E-state index < -0.39 is 7.82 Å². The minimum atomic E-state index is -4.59. The Kier molecular flexibility index (Phi) is 7.49. The molecule has 38 heavy (non-hydrogen) atoms. The fourth-order valence-electron chi connectivity index (χ4n) is 5.37. The van der Waals surface area contributed by atoms with Crippen molar-refractivity contribution in [3.63, 3.8) is 0 Å². The molecule has 200 valence electrons. The van der Waals surface area contributed by atoms with Crippen LogP contribution in [-0.2, 0) is 20.6 Å². The van der Waals surface area contributed by atoms with E-state index >= 15 is 0 Å². The van der Waals surface area contributed by atoms with Crippen molar-refractivity contribution in [3.8, 4) is 11.4 Å². The molecule has 1 amide bonds. The molecule has 0 bridgehead atoms. The molecule has 2 atom stereocenters. The van der Waals surface area contributed by atoms with Gasteiger partial charge in [-0.3, -0.25) is 4.79 Å². The summed E-state index contributed by atoms with van der Waals surface area (Å²) >= 11 is 6.08. The van der Waals surface area contributed by atoms with Crippen LogP contribution < -0.4 is 9.30 Å². The Labute approximate surface area is 226 Å². The molecule has 9 nitrogen and oxygen atoms in total. The third-order valence-corrected chi connectivity index (χ3v) is 7.95. The Balaban J connectivity index is 1.38. The van der Waals surface area contributed by atoms with Gasteiger partial charge in [-0.25, -0.2) is 13.7 Å². The average Bonchev–Trinajstić information content (AvgIpc) is 3.48. The zero-order valence-corrected chi connectivity index (χ0v) is 22.8. The molecule has 2 aliphatic heterocycles. The Hall–Kier alpha value is -2.94. The molecule has 2 N–H and O–H groups in total. The SMILES string of the molecule is COc1cc(C=C2CC[C@H]3CC[C@@H](c4ccc(Cl)cc4)N3C2=O)ccc1-[n+]1cc(C)n(COP(=O)(O)O)c1. The summed E-state index contributed by atoms with van der Waals surface area (Å²) in [6, 6.07) is 13.8. The van der Waals surface area contributed by atoms with Gasteiger partial charge in [0.2, 0.25) is 6.73 Å². The molecule has 3 heterocycles. The number of halogens is 1. The number of phosphoric acid groups is 1. The number of nitrogens with zero attached hydrogens (tertiary/aromatic N) is 3. The lowest BCUT2D eigenvalue weighted by atomic mass is 9.95. The summed E-state index contributed by atoms with van der Waals surface area (Å²) in [7, 11) is -3.01. The van der Waals surface area contributed by atoms with Crippen molar-refractivity contribution in [1.29, 1.82) is 0 Å². The molecule has 5 rings (SSSR count). The number of ether oxygens (including phenoxy) is 1. The number of phosphoric ester groups is 1. The van der Waals surface area contributed by atoms with E-state index in [1.54, 1.807) is 22.6 Å². The number of aryl methyl sites for hydroxylation is 1. The van der Waals surface area contributed by atoms with Gasteiger partial charge in [0.1, 0.15) is 11.9 Å². The summed E-state index contributed by atoms with van der Waals surface area (Å²) in [5, 5.41) is 0.686. The second kappa shape index (κ2) is 10.7. The van der Waals surface area contributed by atoms with Crippen LogP contribution in [0.5, 0.6) is 5.75 Å². The molecule has 0 radical (unpaired) electrons. The van der Waals surface area contributed by atoms with Gasteiger partial charge in [0.25, 0.3) is 12.2 Å². The zero-order valence-electron chi connectivity index (χ0n) is 21.2. The van der Waals surface area contributed by atoms with Crippen molar-refractivity contribution in [2.75, 3.05) is 7.11 Å². The van der Waals surface area contributed by atoms with E-state index in [9.17, 15) is 9.36 Å². The van der Waals surface area contributed by atoms with E-state index in [-0.39, 0.29) is 24.7 Å². The van der Waals surface area contributed by atoms with E-state index in [2.05, 4.69) is 4.52 Å². The number of carbonyl (C=O) groups is 1. The standard InChI is InChI=1S/C27H29ClN3O6P/c1-18-15-29(16-30(18)17-37-38(33,34)35)25-11-3-19(14-26(25)36-2)13-21-6-9-23-10-12-24(31(23)27(21)32)20-4-7-22(28)8-5-20/h3-5,7-8,11,13-16,23-24H,6,9-10,12,17H2,1-2H3,(H-,33,34,35)/p+1/t23-,24-/m0/s1. The topological polar surface area (TPSA) is 105 Å². The minimum absolute atomic E-state index is 0.0589. The maximum Gasteiger partial charge on any atom is 0.472 e. The first-order valence-electron chi connectivity index (χ1n) is 12.4. The Morgan fingerprint density at radius 1 is 1.16 bits per heavy atom. The summed E-state index contributed by atoms with van der Waals surface area (Å²) < 4.78 is 24.7. The Bertz CT molecular complexity index is 1430. The van der Waals surface area contributed by atoms with Gasteiger partial charge in [-0.15, -0.1) is 0 Å². The maximum absolute atomic E-state index is 13.6. The lowest BCUT2D eigenvalue weighted by molar-refractivity contribution is -0.596. The Morgan fingerprint density at radius 3 is 2.63 bits per heavy atom. The van der Waals surface area contributed by atoms with Crippen molar-refractivity contribution in [3.05, 3.63) is 82.4 Å². The van der Waals surface area contributed by atoms with Gasteiger partial charge >= 0.3 is 7.82 Å². The largest absolute Gasteiger partial charge is 0.492 e. The van der Waals surface area contributed by atoms with E-state index in [1.807, 2.05) is 66.6 Å². The highest BCUT2D eigenvalue weighted by Gasteiger charge is 2.41. The van der Waals surface area contributed by atoms with Gasteiger partial charge in [-0.2, -0.15) is 4.57 Å². The third kappa shape index (κ3) is 5.58. The van der Waals surface area contributed by atoms with Gasteiger partial charge in [-0.05, 0) is 67.2 Å². The molecule has 0 saturated carbocycles. The zero-order chi connectivity index (χ0) is 27.0. The van der Waals surface area contributed by atoms with Gasteiger partial charge in [-0.1, -0.05) is 29.8 Å². The number of carbonyl (C=O) groups excluding carboxylic acids is 1. The smallest absolute Gasteiger partial charge is 0.472 e. The van der Waals surface area contributed by atoms with Crippen molar-refractivity contribution in [2.45, 2.75) is 51.4 Å². The number of rotatable bonds is 7. The number of imidazole rings is 1. The van der Waals surface area contributed by atoms with Crippen LogP contribution in [0.25, 0.3) is 11.8 Å². The number of amides is 1. The molecule has 2 saturated heterocycles. The first-order chi connectivity index (χ1) is 18.1. The normalized spacial score (nSPS) is 20.7. The number of benzene rings is 2. The number of methoxy groups -OCH3 is 1. The molecule has 2 aliphatic rings. The first kappa shape index (κ1) is 26.7. The molecule has 0 aliphatic carbocycles. The van der Waals surface area contributed by atoms with Gasteiger partial charge in [0, 0.05) is 23.6 Å². The van der Waals surface area contributed by atoms with E-state index in [0.717, 1.165) is 53.8 Å². The number of fused-ring (bicyclic) bond motifs is 1. The molecule has 11 heteroatoms. The molecule has 0 spiro atoms. The van der Waals surface area contributed by atoms with Crippen LogP contribution in [0, 0.1) is 6.92 Å². The van der Waals surface area contributed by atoms with Gasteiger partial charge < -0.3 is 19.4 Å². The number of hydrogen-bond donors (Lipinski definition) is 2. The quantitative estimate of drug-likeness (QED) is 0.247. The van der Waals surface area contributed by atoms with Crippen molar-refractivity contribution < 1.29 is 33.0 Å². The number of piperidine rings is 1. The highest BCUT2D eigenvalue weighted by Crippen LogP contribution is 2.43. The number of aromatic nitrogens is 2. The van der Waals surface area contributed by atoms with Crippen LogP contribution in [0.3, 0.4) is 0 Å². The fourth-order valence-corrected chi connectivity index (χ4v) is 5.77. The summed E-state index contributed by atoms with van der Waals surface area (Å²) in [4.78, 5) is 33.7. The highest BCUT2D eigenvalue weighted by molar-refractivity contribution is 7.46. The molecule has 2 fully saturated rings. The van der Waals surface area contributed by atoms with Crippen LogP contribution in [0.4, 0.5) is 0 Å². The van der Waals surface area contributed by atoms with Crippen LogP contribution in [0.1, 0.15) is 48.5 Å². The predicted molar refractivity (Wildman–Crippen MR) is 142 cm³/mol.